The van der Waals surface area contributed by atoms with Crippen LogP contribution in [-0.2, 0) is 4.79 Å². The maximum atomic E-state index is 12.8. The Morgan fingerprint density at radius 3 is 2.79 bits per heavy atom. The third-order valence-corrected chi connectivity index (χ3v) is 6.03. The van der Waals surface area contributed by atoms with Crippen LogP contribution in [0.2, 0.25) is 5.02 Å². The average molecular weight is 434 g/mol. The largest absolute Gasteiger partial charge is 0.340 e. The lowest BCUT2D eigenvalue weighted by molar-refractivity contribution is -0.118. The van der Waals surface area contributed by atoms with Crippen molar-refractivity contribution in [3.05, 3.63) is 58.6 Å². The summed E-state index contributed by atoms with van der Waals surface area (Å²) < 4.78 is 1.01. The zero-order chi connectivity index (χ0) is 20.1. The van der Waals surface area contributed by atoms with Gasteiger partial charge in [-0.15, -0.1) is 0 Å². The maximum Gasteiger partial charge on any atom is 0.253 e. The lowest BCUT2D eigenvalue weighted by Gasteiger charge is -2.17. The molecule has 0 fully saturated rings. The van der Waals surface area contributed by atoms with Gasteiger partial charge < -0.3 is 10.6 Å². The molecule has 28 heavy (non-hydrogen) atoms. The van der Waals surface area contributed by atoms with Crippen molar-refractivity contribution in [3.63, 3.8) is 0 Å². The summed E-state index contributed by atoms with van der Waals surface area (Å²) >= 11 is 9.13. The number of fused-ring (bicyclic) bond motifs is 1. The zero-order valence-corrected chi connectivity index (χ0v) is 17.9. The fourth-order valence-electron chi connectivity index (χ4n) is 2.66. The molecule has 0 aliphatic rings. The van der Waals surface area contributed by atoms with Crippen LogP contribution < -0.4 is 10.6 Å². The predicted molar refractivity (Wildman–Crippen MR) is 119 cm³/mol. The Hall–Kier alpha value is -2.09. The first-order valence-electron chi connectivity index (χ1n) is 8.70. The van der Waals surface area contributed by atoms with E-state index in [1.165, 1.54) is 11.3 Å². The van der Waals surface area contributed by atoms with Crippen molar-refractivity contribution in [1.82, 2.24) is 10.3 Å². The van der Waals surface area contributed by atoms with Crippen molar-refractivity contribution in [3.8, 4) is 0 Å². The van der Waals surface area contributed by atoms with Crippen LogP contribution in [0.15, 0.2) is 42.5 Å². The van der Waals surface area contributed by atoms with Crippen LogP contribution in [0, 0.1) is 6.92 Å². The summed E-state index contributed by atoms with van der Waals surface area (Å²) in [5.41, 5.74) is 2.33. The highest BCUT2D eigenvalue weighted by Crippen LogP contribution is 2.27. The first-order valence-corrected chi connectivity index (χ1v) is 11.3. The number of thioether (sulfide) groups is 1. The molecular weight excluding hydrogens is 414 g/mol. The van der Waals surface area contributed by atoms with Crippen LogP contribution in [0.1, 0.15) is 22.3 Å². The molecule has 0 bridgehead atoms. The zero-order valence-electron chi connectivity index (χ0n) is 15.5. The number of carbonyl (C=O) groups excluding carboxylic acids is 2. The second kappa shape index (κ2) is 9.41. The highest BCUT2D eigenvalue weighted by Gasteiger charge is 2.23. The highest BCUT2D eigenvalue weighted by molar-refractivity contribution is 7.98. The summed E-state index contributed by atoms with van der Waals surface area (Å²) in [6.07, 6.45) is 2.47. The first-order chi connectivity index (χ1) is 13.5. The molecule has 5 nitrogen and oxygen atoms in total. The Morgan fingerprint density at radius 2 is 2.04 bits per heavy atom. The number of halogens is 1. The van der Waals surface area contributed by atoms with Gasteiger partial charge in [0.15, 0.2) is 5.13 Å². The monoisotopic (exact) mass is 433 g/mol. The quantitative estimate of drug-likeness (QED) is 0.564. The van der Waals surface area contributed by atoms with Gasteiger partial charge in [-0.1, -0.05) is 41.1 Å². The number of rotatable bonds is 7. The van der Waals surface area contributed by atoms with E-state index < -0.39 is 6.04 Å². The number of thiazole rings is 1. The van der Waals surface area contributed by atoms with Gasteiger partial charge in [0.25, 0.3) is 5.91 Å². The molecule has 1 heterocycles. The van der Waals surface area contributed by atoms with Gasteiger partial charge in [-0.25, -0.2) is 4.98 Å². The van der Waals surface area contributed by atoms with Crippen LogP contribution in [0.3, 0.4) is 0 Å². The summed E-state index contributed by atoms with van der Waals surface area (Å²) in [5, 5.41) is 6.52. The van der Waals surface area contributed by atoms with Crippen molar-refractivity contribution < 1.29 is 9.59 Å². The van der Waals surface area contributed by atoms with Gasteiger partial charge in [0.1, 0.15) is 6.04 Å². The van der Waals surface area contributed by atoms with E-state index in [9.17, 15) is 9.59 Å². The minimum absolute atomic E-state index is 0.287. The molecule has 2 amide bonds. The molecule has 8 heteroatoms. The van der Waals surface area contributed by atoms with E-state index in [2.05, 4.69) is 15.6 Å². The Bertz CT molecular complexity index is 1010. The summed E-state index contributed by atoms with van der Waals surface area (Å²) in [6.45, 7) is 2.01. The number of amides is 2. The molecule has 0 saturated carbocycles. The molecule has 146 valence electrons. The smallest absolute Gasteiger partial charge is 0.253 e. The average Bonchev–Trinajstić information content (AvgIpc) is 3.06. The molecule has 0 aliphatic heterocycles. The van der Waals surface area contributed by atoms with Crippen molar-refractivity contribution in [1.29, 1.82) is 0 Å². The SMILES string of the molecule is CSCCC(NC(=O)c1ccccc1Cl)C(=O)Nc1nc2ccc(C)cc2s1. The molecule has 0 radical (unpaired) electrons. The maximum absolute atomic E-state index is 12.8. The number of aryl methyl sites for hydroxylation is 1. The number of aromatic nitrogens is 1. The molecule has 0 spiro atoms. The Morgan fingerprint density at radius 1 is 1.25 bits per heavy atom. The summed E-state index contributed by atoms with van der Waals surface area (Å²) in [6, 6.07) is 12.1. The Kier molecular flexibility index (Phi) is 6.93. The molecule has 3 aromatic rings. The molecule has 0 aliphatic carbocycles. The van der Waals surface area contributed by atoms with E-state index >= 15 is 0 Å². The van der Waals surface area contributed by atoms with E-state index in [0.29, 0.717) is 22.1 Å². The topological polar surface area (TPSA) is 71.1 Å². The van der Waals surface area contributed by atoms with E-state index in [-0.39, 0.29) is 11.8 Å². The lowest BCUT2D eigenvalue weighted by Crippen LogP contribution is -2.44. The summed E-state index contributed by atoms with van der Waals surface area (Å²) in [4.78, 5) is 29.8. The van der Waals surface area contributed by atoms with Crippen LogP contribution in [0.25, 0.3) is 10.2 Å². The van der Waals surface area contributed by atoms with Crippen LogP contribution >= 0.6 is 34.7 Å². The number of carbonyl (C=O) groups is 2. The van der Waals surface area contributed by atoms with Crippen molar-refractivity contribution >= 4 is 61.9 Å². The number of nitrogens with one attached hydrogen (secondary N) is 2. The number of hydrogen-bond acceptors (Lipinski definition) is 5. The normalized spacial score (nSPS) is 12.0. The first kappa shape index (κ1) is 20.6. The minimum Gasteiger partial charge on any atom is -0.340 e. The second-order valence-electron chi connectivity index (χ2n) is 6.27. The van der Waals surface area contributed by atoms with Gasteiger partial charge in [0.05, 0.1) is 20.8 Å². The summed E-state index contributed by atoms with van der Waals surface area (Å²) in [5.74, 6) is 0.0805. The van der Waals surface area contributed by atoms with Crippen molar-refractivity contribution in [2.75, 3.05) is 17.3 Å². The van der Waals surface area contributed by atoms with Gasteiger partial charge in [0, 0.05) is 0 Å². The Labute approximate surface area is 176 Å². The van der Waals surface area contributed by atoms with E-state index in [0.717, 1.165) is 21.5 Å². The van der Waals surface area contributed by atoms with E-state index in [1.807, 2.05) is 31.4 Å². The van der Waals surface area contributed by atoms with Gasteiger partial charge in [-0.05, 0) is 55.2 Å². The molecule has 1 aromatic heterocycles. The van der Waals surface area contributed by atoms with E-state index in [1.54, 1.807) is 36.0 Å². The van der Waals surface area contributed by atoms with Gasteiger partial charge in [0.2, 0.25) is 5.91 Å². The molecular formula is C20H20ClN3O2S2. The molecule has 3 rings (SSSR count). The predicted octanol–water partition coefficient (Wildman–Crippen LogP) is 4.75. The number of hydrogen-bond donors (Lipinski definition) is 2. The molecule has 2 aromatic carbocycles. The van der Waals surface area contributed by atoms with Gasteiger partial charge in [-0.3, -0.25) is 9.59 Å². The number of benzene rings is 2. The lowest BCUT2D eigenvalue weighted by atomic mass is 10.1. The van der Waals surface area contributed by atoms with Crippen LogP contribution in [0.4, 0.5) is 5.13 Å². The highest BCUT2D eigenvalue weighted by atomic mass is 35.5. The van der Waals surface area contributed by atoms with Crippen LogP contribution in [-0.4, -0.2) is 34.8 Å². The number of anilines is 1. The third kappa shape index (κ3) is 5.04. The summed E-state index contributed by atoms with van der Waals surface area (Å²) in [7, 11) is 0. The Balaban J connectivity index is 1.75. The van der Waals surface area contributed by atoms with Gasteiger partial charge >= 0.3 is 0 Å². The van der Waals surface area contributed by atoms with Crippen molar-refractivity contribution in [2.24, 2.45) is 0 Å². The third-order valence-electron chi connectivity index (χ3n) is 4.13. The van der Waals surface area contributed by atoms with Crippen LogP contribution in [0.5, 0.6) is 0 Å². The van der Waals surface area contributed by atoms with E-state index in [4.69, 9.17) is 11.6 Å². The standard InChI is InChI=1S/C20H20ClN3O2S2/c1-12-7-8-15-17(11-12)28-20(23-15)24-19(26)16(9-10-27-2)22-18(25)13-5-3-4-6-14(13)21/h3-8,11,16H,9-10H2,1-2H3,(H,22,25)(H,23,24,26). The number of nitrogens with zero attached hydrogens (tertiary/aromatic N) is 1. The van der Waals surface area contributed by atoms with Gasteiger partial charge in [-0.2, -0.15) is 11.8 Å². The molecule has 2 N–H and O–H groups in total. The fraction of sp³-hybridized carbons (Fsp3) is 0.250. The second-order valence-corrected chi connectivity index (χ2v) is 8.69. The fourth-order valence-corrected chi connectivity index (χ4v) is 4.32. The molecule has 0 saturated heterocycles. The molecule has 1 atom stereocenters. The minimum atomic E-state index is -0.676. The molecule has 1 unspecified atom stereocenters. The van der Waals surface area contributed by atoms with Crippen molar-refractivity contribution in [2.45, 2.75) is 19.4 Å².